The van der Waals surface area contributed by atoms with Crippen molar-refractivity contribution in [2.75, 3.05) is 46.0 Å². The molecule has 0 aromatic carbocycles. The second-order valence-electron chi connectivity index (χ2n) is 4.33. The van der Waals surface area contributed by atoms with E-state index in [1.165, 1.54) is 0 Å². The molecule has 1 unspecified atom stereocenters. The number of ether oxygens (including phenoxy) is 3. The minimum atomic E-state index is -0.698. The molecule has 0 radical (unpaired) electrons. The standard InChI is InChI=1S/C12H24N2O3/c1-4-15-11-12(16-5-2,17-6-3)14-9-7-13(11)8-10-14/h11H,4-10H2,1-3H3. The molecule has 100 valence electrons. The molecule has 0 aliphatic carbocycles. The van der Waals surface area contributed by atoms with E-state index < -0.39 is 5.91 Å². The smallest absolute Gasteiger partial charge is 0.272 e. The molecule has 3 rings (SSSR count). The maximum atomic E-state index is 5.95. The second-order valence-corrected chi connectivity index (χ2v) is 4.33. The van der Waals surface area contributed by atoms with Crippen LogP contribution < -0.4 is 0 Å². The molecule has 0 saturated carbocycles. The molecule has 17 heavy (non-hydrogen) atoms. The van der Waals surface area contributed by atoms with Crippen LogP contribution in [0.25, 0.3) is 0 Å². The lowest BCUT2D eigenvalue weighted by atomic mass is 10.1. The fourth-order valence-corrected chi connectivity index (χ4v) is 2.80. The van der Waals surface area contributed by atoms with Gasteiger partial charge in [-0.25, -0.2) is 4.90 Å². The van der Waals surface area contributed by atoms with Crippen LogP contribution in [-0.4, -0.2) is 67.9 Å². The van der Waals surface area contributed by atoms with Gasteiger partial charge >= 0.3 is 0 Å². The van der Waals surface area contributed by atoms with E-state index >= 15 is 0 Å². The molecule has 3 heterocycles. The highest BCUT2D eigenvalue weighted by Crippen LogP contribution is 2.35. The average molecular weight is 244 g/mol. The van der Waals surface area contributed by atoms with Crippen LogP contribution >= 0.6 is 0 Å². The highest BCUT2D eigenvalue weighted by molar-refractivity contribution is 4.93. The van der Waals surface area contributed by atoms with E-state index in [0.29, 0.717) is 19.8 Å². The number of piperazine rings is 3. The third-order valence-corrected chi connectivity index (χ3v) is 3.43. The van der Waals surface area contributed by atoms with Crippen LogP contribution in [0.1, 0.15) is 20.8 Å². The zero-order chi connectivity index (χ0) is 12.3. The van der Waals surface area contributed by atoms with Crippen molar-refractivity contribution in [2.24, 2.45) is 0 Å². The van der Waals surface area contributed by atoms with Gasteiger partial charge in [0.15, 0.2) is 6.23 Å². The molecule has 0 N–H and O–H groups in total. The van der Waals surface area contributed by atoms with Crippen molar-refractivity contribution in [1.29, 1.82) is 0 Å². The van der Waals surface area contributed by atoms with Crippen molar-refractivity contribution in [3.8, 4) is 0 Å². The summed E-state index contributed by atoms with van der Waals surface area (Å²) in [6.07, 6.45) is -0.102. The van der Waals surface area contributed by atoms with Gasteiger partial charge in [-0.1, -0.05) is 0 Å². The van der Waals surface area contributed by atoms with Gasteiger partial charge in [-0.2, -0.15) is 0 Å². The first-order chi connectivity index (χ1) is 8.28. The van der Waals surface area contributed by atoms with Gasteiger partial charge in [0.25, 0.3) is 5.91 Å². The van der Waals surface area contributed by atoms with Crippen molar-refractivity contribution in [2.45, 2.75) is 32.9 Å². The van der Waals surface area contributed by atoms with E-state index in [0.717, 1.165) is 26.2 Å². The van der Waals surface area contributed by atoms with Crippen molar-refractivity contribution in [3.63, 3.8) is 0 Å². The molecule has 3 fully saturated rings. The Labute approximate surface area is 104 Å². The topological polar surface area (TPSA) is 34.2 Å². The first-order valence-corrected chi connectivity index (χ1v) is 6.67. The predicted molar refractivity (Wildman–Crippen MR) is 64.5 cm³/mol. The van der Waals surface area contributed by atoms with Gasteiger partial charge in [-0.3, -0.25) is 4.90 Å². The average Bonchev–Trinajstić information content (AvgIpc) is 2.35. The lowest BCUT2D eigenvalue weighted by Gasteiger charge is -2.57. The molecule has 5 nitrogen and oxygen atoms in total. The molecule has 3 aliphatic heterocycles. The fourth-order valence-electron chi connectivity index (χ4n) is 2.80. The summed E-state index contributed by atoms with van der Waals surface area (Å²) in [4.78, 5) is 4.61. The van der Waals surface area contributed by atoms with Crippen LogP contribution in [0.2, 0.25) is 0 Å². The maximum absolute atomic E-state index is 5.95. The number of hydrogen-bond acceptors (Lipinski definition) is 5. The quantitative estimate of drug-likeness (QED) is 0.643. The second kappa shape index (κ2) is 5.63. The summed E-state index contributed by atoms with van der Waals surface area (Å²) >= 11 is 0. The monoisotopic (exact) mass is 244 g/mol. The van der Waals surface area contributed by atoms with Crippen molar-refractivity contribution in [3.05, 3.63) is 0 Å². The summed E-state index contributed by atoms with van der Waals surface area (Å²) in [7, 11) is 0. The third kappa shape index (κ3) is 2.22. The molecule has 2 bridgehead atoms. The largest absolute Gasteiger partial charge is 0.356 e. The van der Waals surface area contributed by atoms with Gasteiger partial charge in [0, 0.05) is 46.0 Å². The Morgan fingerprint density at radius 2 is 1.53 bits per heavy atom. The number of rotatable bonds is 6. The van der Waals surface area contributed by atoms with Crippen molar-refractivity contribution >= 4 is 0 Å². The summed E-state index contributed by atoms with van der Waals surface area (Å²) in [5.41, 5.74) is 0. The van der Waals surface area contributed by atoms with Crippen LogP contribution in [0, 0.1) is 0 Å². The van der Waals surface area contributed by atoms with Crippen LogP contribution in [-0.2, 0) is 14.2 Å². The molecule has 0 aromatic heterocycles. The van der Waals surface area contributed by atoms with Gasteiger partial charge in [0.1, 0.15) is 0 Å². The molecular weight excluding hydrogens is 220 g/mol. The summed E-state index contributed by atoms with van der Waals surface area (Å²) in [6, 6.07) is 0. The molecule has 5 heteroatoms. The first kappa shape index (κ1) is 13.2. The molecule has 0 amide bonds. The number of fused-ring (bicyclic) bond motifs is 3. The zero-order valence-electron chi connectivity index (χ0n) is 11.1. The highest BCUT2D eigenvalue weighted by Gasteiger charge is 2.55. The number of hydrogen-bond donors (Lipinski definition) is 0. The normalized spacial score (nSPS) is 35.1. The maximum Gasteiger partial charge on any atom is 0.272 e. The van der Waals surface area contributed by atoms with E-state index in [9.17, 15) is 0 Å². The summed E-state index contributed by atoms with van der Waals surface area (Å²) in [6.45, 7) is 12.0. The van der Waals surface area contributed by atoms with Crippen molar-refractivity contribution in [1.82, 2.24) is 9.80 Å². The van der Waals surface area contributed by atoms with Crippen molar-refractivity contribution < 1.29 is 14.2 Å². The van der Waals surface area contributed by atoms with Gasteiger partial charge in [0.05, 0.1) is 0 Å². The Balaban J connectivity index is 2.23. The van der Waals surface area contributed by atoms with E-state index in [4.69, 9.17) is 14.2 Å². The summed E-state index contributed by atoms with van der Waals surface area (Å²) < 4.78 is 17.8. The van der Waals surface area contributed by atoms with Crippen LogP contribution in [0.15, 0.2) is 0 Å². The third-order valence-electron chi connectivity index (χ3n) is 3.43. The summed E-state index contributed by atoms with van der Waals surface area (Å²) in [5.74, 6) is -0.698. The summed E-state index contributed by atoms with van der Waals surface area (Å²) in [5, 5.41) is 0. The van der Waals surface area contributed by atoms with E-state index in [2.05, 4.69) is 9.80 Å². The van der Waals surface area contributed by atoms with Crippen LogP contribution in [0.4, 0.5) is 0 Å². The Morgan fingerprint density at radius 1 is 0.941 bits per heavy atom. The van der Waals surface area contributed by atoms with E-state index in [1.54, 1.807) is 0 Å². The van der Waals surface area contributed by atoms with Gasteiger partial charge in [-0.15, -0.1) is 0 Å². The minimum absolute atomic E-state index is 0.102. The van der Waals surface area contributed by atoms with E-state index in [1.807, 2.05) is 20.8 Å². The molecule has 3 saturated heterocycles. The van der Waals surface area contributed by atoms with Crippen LogP contribution in [0.3, 0.4) is 0 Å². The number of nitrogens with zero attached hydrogens (tertiary/aromatic N) is 2. The van der Waals surface area contributed by atoms with Crippen LogP contribution in [0.5, 0.6) is 0 Å². The molecular formula is C12H24N2O3. The van der Waals surface area contributed by atoms with Gasteiger partial charge in [0.2, 0.25) is 0 Å². The molecule has 0 aromatic rings. The predicted octanol–water partition coefficient (Wildman–Crippen LogP) is 0.707. The minimum Gasteiger partial charge on any atom is -0.356 e. The first-order valence-electron chi connectivity index (χ1n) is 6.67. The fraction of sp³-hybridized carbons (Fsp3) is 1.00. The highest BCUT2D eigenvalue weighted by atomic mass is 16.7. The zero-order valence-corrected chi connectivity index (χ0v) is 11.1. The Bertz CT molecular complexity index is 236. The lowest BCUT2D eigenvalue weighted by molar-refractivity contribution is -0.413. The Morgan fingerprint density at radius 3 is 2.00 bits per heavy atom. The lowest BCUT2D eigenvalue weighted by Crippen LogP contribution is -2.76. The SMILES string of the molecule is CCOC1N2CCN(CC2)C1(OCC)OCC. The molecule has 1 atom stereocenters. The van der Waals surface area contributed by atoms with E-state index in [-0.39, 0.29) is 6.23 Å². The Kier molecular flexibility index (Phi) is 4.38. The Hall–Kier alpha value is -0.200. The molecule has 0 spiro atoms. The molecule has 3 aliphatic rings. The van der Waals surface area contributed by atoms with Gasteiger partial charge < -0.3 is 14.2 Å². The van der Waals surface area contributed by atoms with Gasteiger partial charge in [-0.05, 0) is 20.8 Å².